The molecule has 4 heteroatoms. The number of rotatable bonds is 2. The third-order valence-corrected chi connectivity index (χ3v) is 2.48. The second-order valence-electron chi connectivity index (χ2n) is 3.23. The summed E-state index contributed by atoms with van der Waals surface area (Å²) in [4.78, 5) is 8.12. The van der Waals surface area contributed by atoms with Crippen LogP contribution in [-0.4, -0.2) is 9.97 Å². The van der Waals surface area contributed by atoms with Crippen molar-refractivity contribution in [3.63, 3.8) is 0 Å². The van der Waals surface area contributed by atoms with Gasteiger partial charge in [-0.3, -0.25) is 4.98 Å². The molecule has 0 aliphatic carbocycles. The van der Waals surface area contributed by atoms with Gasteiger partial charge in [-0.05, 0) is 5.56 Å². The van der Waals surface area contributed by atoms with Gasteiger partial charge in [0.05, 0.1) is 18.1 Å². The molecule has 1 heterocycles. The summed E-state index contributed by atoms with van der Waals surface area (Å²) < 4.78 is 0. The van der Waals surface area contributed by atoms with Crippen LogP contribution in [0, 0.1) is 11.3 Å². The van der Waals surface area contributed by atoms with Crippen molar-refractivity contribution in [2.75, 3.05) is 0 Å². The van der Waals surface area contributed by atoms with Crippen LogP contribution in [0.3, 0.4) is 0 Å². The standard InChI is InChI=1S/C12H8ClN3/c13-5-9-1-3-10(4-2-9)12-8-15-11(6-14)7-16-12/h1-4,7-8H,5H2. The first-order chi connectivity index (χ1) is 7.83. The van der Waals surface area contributed by atoms with Crippen molar-refractivity contribution in [1.29, 1.82) is 5.26 Å². The van der Waals surface area contributed by atoms with Crippen molar-refractivity contribution in [3.05, 3.63) is 47.9 Å². The first kappa shape index (κ1) is 10.6. The topological polar surface area (TPSA) is 49.6 Å². The van der Waals surface area contributed by atoms with Crippen LogP contribution in [0.2, 0.25) is 0 Å². The minimum absolute atomic E-state index is 0.320. The van der Waals surface area contributed by atoms with Crippen LogP contribution in [0.25, 0.3) is 11.3 Å². The molecule has 16 heavy (non-hydrogen) atoms. The molecule has 0 amide bonds. The molecular formula is C12H8ClN3. The highest BCUT2D eigenvalue weighted by Gasteiger charge is 2.00. The van der Waals surface area contributed by atoms with Gasteiger partial charge < -0.3 is 0 Å². The summed E-state index contributed by atoms with van der Waals surface area (Å²) >= 11 is 5.70. The van der Waals surface area contributed by atoms with Crippen LogP contribution >= 0.6 is 11.6 Å². The molecule has 1 aromatic heterocycles. The maximum Gasteiger partial charge on any atom is 0.158 e. The van der Waals surface area contributed by atoms with Gasteiger partial charge in [0, 0.05) is 11.4 Å². The molecule has 3 nitrogen and oxygen atoms in total. The highest BCUT2D eigenvalue weighted by Crippen LogP contribution is 2.17. The summed E-state index contributed by atoms with van der Waals surface area (Å²) in [5.74, 6) is 0.499. The number of hydrogen-bond donors (Lipinski definition) is 0. The zero-order valence-electron chi connectivity index (χ0n) is 8.39. The number of nitrogens with zero attached hydrogens (tertiary/aromatic N) is 3. The summed E-state index contributed by atoms with van der Waals surface area (Å²) in [5.41, 5.74) is 3.10. The van der Waals surface area contributed by atoms with E-state index in [0.29, 0.717) is 11.6 Å². The number of halogens is 1. The summed E-state index contributed by atoms with van der Waals surface area (Å²) in [5, 5.41) is 8.60. The van der Waals surface area contributed by atoms with Gasteiger partial charge in [-0.15, -0.1) is 11.6 Å². The van der Waals surface area contributed by atoms with Gasteiger partial charge in [0.25, 0.3) is 0 Å². The SMILES string of the molecule is N#Cc1cnc(-c2ccc(CCl)cc2)cn1. The Hall–Kier alpha value is -1.92. The second-order valence-corrected chi connectivity index (χ2v) is 3.50. The zero-order chi connectivity index (χ0) is 11.4. The highest BCUT2D eigenvalue weighted by molar-refractivity contribution is 6.17. The average molecular weight is 230 g/mol. The summed E-state index contributed by atoms with van der Waals surface area (Å²) in [6, 6.07) is 9.70. The first-order valence-corrected chi connectivity index (χ1v) is 5.24. The van der Waals surface area contributed by atoms with E-state index in [1.54, 1.807) is 6.20 Å². The number of hydrogen-bond acceptors (Lipinski definition) is 3. The predicted molar refractivity (Wildman–Crippen MR) is 61.7 cm³/mol. The van der Waals surface area contributed by atoms with E-state index in [1.807, 2.05) is 30.3 Å². The molecule has 2 rings (SSSR count). The average Bonchev–Trinajstić information content (AvgIpc) is 2.39. The Morgan fingerprint density at radius 3 is 2.38 bits per heavy atom. The first-order valence-electron chi connectivity index (χ1n) is 4.71. The minimum atomic E-state index is 0.320. The summed E-state index contributed by atoms with van der Waals surface area (Å²) in [6.07, 6.45) is 3.05. The van der Waals surface area contributed by atoms with E-state index in [-0.39, 0.29) is 0 Å². The lowest BCUT2D eigenvalue weighted by Crippen LogP contribution is -1.89. The molecule has 78 valence electrons. The van der Waals surface area contributed by atoms with E-state index in [9.17, 15) is 0 Å². The molecule has 0 atom stereocenters. The van der Waals surface area contributed by atoms with Crippen LogP contribution in [0.1, 0.15) is 11.3 Å². The smallest absolute Gasteiger partial charge is 0.158 e. The molecule has 2 aromatic rings. The Balaban J connectivity index is 2.32. The lowest BCUT2D eigenvalue weighted by atomic mass is 10.1. The molecule has 0 radical (unpaired) electrons. The largest absolute Gasteiger partial charge is 0.252 e. The Kier molecular flexibility index (Phi) is 3.13. The molecule has 0 N–H and O–H groups in total. The number of aromatic nitrogens is 2. The van der Waals surface area contributed by atoms with Crippen LogP contribution in [0.5, 0.6) is 0 Å². The maximum atomic E-state index is 8.60. The monoisotopic (exact) mass is 229 g/mol. The Morgan fingerprint density at radius 1 is 1.12 bits per heavy atom. The number of nitriles is 1. The Morgan fingerprint density at radius 2 is 1.88 bits per heavy atom. The van der Waals surface area contributed by atoms with Crippen molar-refractivity contribution in [1.82, 2.24) is 9.97 Å². The van der Waals surface area contributed by atoms with E-state index in [0.717, 1.165) is 16.8 Å². The maximum absolute atomic E-state index is 8.60. The zero-order valence-corrected chi connectivity index (χ0v) is 9.15. The van der Waals surface area contributed by atoms with Gasteiger partial charge in [-0.1, -0.05) is 24.3 Å². The summed E-state index contributed by atoms with van der Waals surface area (Å²) in [6.45, 7) is 0. The number of benzene rings is 1. The fourth-order valence-corrected chi connectivity index (χ4v) is 1.48. The lowest BCUT2D eigenvalue weighted by molar-refractivity contribution is 1.17. The van der Waals surface area contributed by atoms with Crippen LogP contribution < -0.4 is 0 Å². The van der Waals surface area contributed by atoms with Gasteiger partial charge >= 0.3 is 0 Å². The highest BCUT2D eigenvalue weighted by atomic mass is 35.5. The predicted octanol–water partition coefficient (Wildman–Crippen LogP) is 2.75. The number of alkyl halides is 1. The van der Waals surface area contributed by atoms with Gasteiger partial charge in [0.15, 0.2) is 5.69 Å². The van der Waals surface area contributed by atoms with Crippen molar-refractivity contribution in [3.8, 4) is 17.3 Å². The van der Waals surface area contributed by atoms with Gasteiger partial charge in [-0.25, -0.2) is 4.98 Å². The van der Waals surface area contributed by atoms with Crippen LogP contribution in [0.4, 0.5) is 0 Å². The normalized spacial score (nSPS) is 9.75. The molecule has 0 aliphatic rings. The molecular weight excluding hydrogens is 222 g/mol. The molecule has 0 bridgehead atoms. The van der Waals surface area contributed by atoms with Crippen molar-refractivity contribution in [2.24, 2.45) is 0 Å². The molecule has 1 aromatic carbocycles. The molecule has 0 spiro atoms. The van der Waals surface area contributed by atoms with Gasteiger partial charge in [0.2, 0.25) is 0 Å². The second kappa shape index (κ2) is 4.73. The van der Waals surface area contributed by atoms with E-state index in [2.05, 4.69) is 9.97 Å². The summed E-state index contributed by atoms with van der Waals surface area (Å²) in [7, 11) is 0. The van der Waals surface area contributed by atoms with Crippen molar-refractivity contribution < 1.29 is 0 Å². The third kappa shape index (κ3) is 2.18. The van der Waals surface area contributed by atoms with E-state index in [1.165, 1.54) is 6.20 Å². The van der Waals surface area contributed by atoms with E-state index < -0.39 is 0 Å². The van der Waals surface area contributed by atoms with Crippen molar-refractivity contribution >= 4 is 11.6 Å². The fraction of sp³-hybridized carbons (Fsp3) is 0.0833. The van der Waals surface area contributed by atoms with Crippen LogP contribution in [0.15, 0.2) is 36.7 Å². The minimum Gasteiger partial charge on any atom is -0.252 e. The van der Waals surface area contributed by atoms with Crippen molar-refractivity contribution in [2.45, 2.75) is 5.88 Å². The van der Waals surface area contributed by atoms with E-state index >= 15 is 0 Å². The lowest BCUT2D eigenvalue weighted by Gasteiger charge is -2.01. The van der Waals surface area contributed by atoms with Gasteiger partial charge in [-0.2, -0.15) is 5.26 Å². The van der Waals surface area contributed by atoms with Crippen LogP contribution in [-0.2, 0) is 5.88 Å². The molecule has 0 saturated heterocycles. The fourth-order valence-electron chi connectivity index (χ4n) is 1.30. The van der Waals surface area contributed by atoms with Gasteiger partial charge in [0.1, 0.15) is 6.07 Å². The van der Waals surface area contributed by atoms with E-state index in [4.69, 9.17) is 16.9 Å². The molecule has 0 unspecified atom stereocenters. The molecule has 0 saturated carbocycles. The quantitative estimate of drug-likeness (QED) is 0.744. The Bertz CT molecular complexity index is 511. The molecule has 0 fully saturated rings. The molecule has 0 aliphatic heterocycles. The third-order valence-electron chi connectivity index (χ3n) is 2.17. The Labute approximate surface area is 98.4 Å².